The topological polar surface area (TPSA) is 63.5 Å². The predicted molar refractivity (Wildman–Crippen MR) is 120 cm³/mol. The summed E-state index contributed by atoms with van der Waals surface area (Å²) in [5.41, 5.74) is 3.98. The minimum atomic E-state index is -4.58. The fourth-order valence-corrected chi connectivity index (χ4v) is 3.72. The van der Waals surface area contributed by atoms with Crippen LogP contribution in [0.2, 0.25) is 10.0 Å². The van der Waals surface area contributed by atoms with Gasteiger partial charge in [0.2, 0.25) is 0 Å². The Morgan fingerprint density at radius 3 is 2.31 bits per heavy atom. The summed E-state index contributed by atoms with van der Waals surface area (Å²) in [7, 11) is 3.21. The average Bonchev–Trinajstić information content (AvgIpc) is 3.06. The first-order chi connectivity index (χ1) is 15.2. The van der Waals surface area contributed by atoms with Gasteiger partial charge in [0.15, 0.2) is 5.84 Å². The Labute approximate surface area is 193 Å². The van der Waals surface area contributed by atoms with Crippen molar-refractivity contribution in [3.63, 3.8) is 0 Å². The molecule has 0 saturated heterocycles. The Hall–Kier alpha value is -2.75. The maximum Gasteiger partial charge on any atom is 0.416 e. The van der Waals surface area contributed by atoms with E-state index >= 15 is 0 Å². The second-order valence-electron chi connectivity index (χ2n) is 6.72. The number of nitrogens with zero attached hydrogens (tertiary/aromatic N) is 3. The smallest absolute Gasteiger partial charge is 0.373 e. The molecule has 11 heteroatoms. The summed E-state index contributed by atoms with van der Waals surface area (Å²) < 4.78 is 40.6. The van der Waals surface area contributed by atoms with Crippen LogP contribution in [0.5, 0.6) is 0 Å². The van der Waals surface area contributed by atoms with Gasteiger partial charge in [-0.05, 0) is 24.6 Å². The van der Waals surface area contributed by atoms with E-state index in [1.54, 1.807) is 21.0 Å². The van der Waals surface area contributed by atoms with Crippen LogP contribution in [-0.4, -0.2) is 29.7 Å². The van der Waals surface area contributed by atoms with Gasteiger partial charge >= 0.3 is 6.18 Å². The van der Waals surface area contributed by atoms with Crippen molar-refractivity contribution < 1.29 is 18.0 Å². The lowest BCUT2D eigenvalue weighted by Gasteiger charge is -2.14. The highest BCUT2D eigenvalue weighted by Crippen LogP contribution is 2.39. The van der Waals surface area contributed by atoms with Crippen LogP contribution in [0.15, 0.2) is 47.5 Å². The Balaban J connectivity index is 1.95. The van der Waals surface area contributed by atoms with Crippen LogP contribution in [0.3, 0.4) is 0 Å². The van der Waals surface area contributed by atoms with Gasteiger partial charge in [0.1, 0.15) is 17.2 Å². The maximum atomic E-state index is 13.1. The van der Waals surface area contributed by atoms with Crippen LogP contribution >= 0.6 is 23.2 Å². The zero-order chi connectivity index (χ0) is 23.5. The van der Waals surface area contributed by atoms with Gasteiger partial charge in [-0.15, -0.1) is 0 Å². The summed E-state index contributed by atoms with van der Waals surface area (Å²) in [5.74, 6) is 0.808. The van der Waals surface area contributed by atoms with Gasteiger partial charge < -0.3 is 5.32 Å². The number of rotatable bonds is 6. The summed E-state index contributed by atoms with van der Waals surface area (Å²) in [4.78, 5) is 9.73. The molecular weight excluding hydrogens is 466 g/mol. The summed E-state index contributed by atoms with van der Waals surface area (Å²) in [6.07, 6.45) is -4.58. The fraction of sp³-hybridized carbons (Fsp3) is 0.238. The summed E-state index contributed by atoms with van der Waals surface area (Å²) in [6.45, 7) is 2.07. The molecule has 32 heavy (non-hydrogen) atoms. The molecule has 170 valence electrons. The largest absolute Gasteiger partial charge is 0.416 e. The quantitative estimate of drug-likeness (QED) is 0.269. The van der Waals surface area contributed by atoms with Gasteiger partial charge in [-0.25, -0.2) is 10.2 Å². The molecule has 1 heterocycles. The number of alkyl halides is 3. The molecule has 0 unspecified atom stereocenters. The first kappa shape index (κ1) is 23.9. The number of benzene rings is 2. The Kier molecular flexibility index (Phi) is 7.33. The van der Waals surface area contributed by atoms with Crippen LogP contribution in [0, 0.1) is 6.92 Å². The van der Waals surface area contributed by atoms with E-state index in [9.17, 15) is 13.2 Å². The van der Waals surface area contributed by atoms with Crippen molar-refractivity contribution in [2.24, 2.45) is 4.99 Å². The summed E-state index contributed by atoms with van der Waals surface area (Å²) in [6, 6.07) is 11.2. The van der Waals surface area contributed by atoms with Crippen LogP contribution in [-0.2, 0) is 17.6 Å². The third-order valence-corrected chi connectivity index (χ3v) is 5.19. The lowest BCUT2D eigenvalue weighted by Crippen LogP contribution is -2.26. The van der Waals surface area contributed by atoms with E-state index in [1.807, 2.05) is 30.3 Å². The summed E-state index contributed by atoms with van der Waals surface area (Å²) in [5, 5.41) is 7.08. The molecule has 0 fully saturated rings. The molecule has 0 atom stereocenters. The van der Waals surface area contributed by atoms with Gasteiger partial charge in [-0.3, -0.25) is 9.83 Å². The molecule has 2 aromatic carbocycles. The van der Waals surface area contributed by atoms with Crippen molar-refractivity contribution in [1.82, 2.24) is 15.3 Å². The molecule has 0 bridgehead atoms. The van der Waals surface area contributed by atoms with Crippen LogP contribution in [0.25, 0.3) is 5.69 Å². The molecule has 2 N–H and O–H groups in total. The molecule has 0 aliphatic rings. The molecule has 0 radical (unpaired) electrons. The molecule has 0 amide bonds. The number of hydrogen-bond acceptors (Lipinski definition) is 4. The van der Waals surface area contributed by atoms with Gasteiger partial charge in [-0.2, -0.15) is 18.3 Å². The van der Waals surface area contributed by atoms with Crippen molar-refractivity contribution in [1.29, 1.82) is 0 Å². The number of halogens is 5. The van der Waals surface area contributed by atoms with E-state index in [0.29, 0.717) is 22.9 Å². The first-order valence-corrected chi connectivity index (χ1v) is 10.2. The Bertz CT molecular complexity index is 1110. The number of nitrogens with one attached hydrogen (secondary N) is 2. The number of aromatic nitrogens is 2. The Morgan fingerprint density at radius 2 is 1.78 bits per heavy atom. The molecule has 1 aromatic heterocycles. The average molecular weight is 486 g/mol. The van der Waals surface area contributed by atoms with Gasteiger partial charge in [-0.1, -0.05) is 53.5 Å². The highest BCUT2D eigenvalue weighted by Gasteiger charge is 2.33. The third kappa shape index (κ3) is 5.01. The van der Waals surface area contributed by atoms with Crippen molar-refractivity contribution in [3.8, 4) is 5.69 Å². The predicted octanol–water partition coefficient (Wildman–Crippen LogP) is 5.65. The summed E-state index contributed by atoms with van der Waals surface area (Å²) >= 11 is 12.4. The van der Waals surface area contributed by atoms with E-state index in [2.05, 4.69) is 20.9 Å². The fourth-order valence-electron chi connectivity index (χ4n) is 3.07. The highest BCUT2D eigenvalue weighted by molar-refractivity contribution is 6.38. The van der Waals surface area contributed by atoms with E-state index < -0.39 is 11.7 Å². The van der Waals surface area contributed by atoms with Gasteiger partial charge in [0, 0.05) is 19.7 Å². The number of anilines is 1. The van der Waals surface area contributed by atoms with Crippen molar-refractivity contribution in [2.45, 2.75) is 19.7 Å². The number of hydroxylamine groups is 1. The lowest BCUT2D eigenvalue weighted by molar-refractivity contribution is -0.137. The minimum Gasteiger partial charge on any atom is -0.373 e. The van der Waals surface area contributed by atoms with Gasteiger partial charge in [0.25, 0.3) is 0 Å². The van der Waals surface area contributed by atoms with Crippen molar-refractivity contribution >= 4 is 34.9 Å². The monoisotopic (exact) mass is 485 g/mol. The van der Waals surface area contributed by atoms with E-state index in [1.165, 1.54) is 4.68 Å². The van der Waals surface area contributed by atoms with E-state index in [4.69, 9.17) is 28.0 Å². The van der Waals surface area contributed by atoms with Gasteiger partial charge in [0.05, 0.1) is 22.2 Å². The highest BCUT2D eigenvalue weighted by atomic mass is 35.5. The number of aliphatic imine (C=N–C) groups is 1. The van der Waals surface area contributed by atoms with Crippen LogP contribution < -0.4 is 10.8 Å². The van der Waals surface area contributed by atoms with Crippen LogP contribution in [0.4, 0.5) is 19.0 Å². The molecule has 0 aliphatic carbocycles. The van der Waals surface area contributed by atoms with Crippen molar-refractivity contribution in [3.05, 3.63) is 74.9 Å². The zero-order valence-electron chi connectivity index (χ0n) is 17.4. The van der Waals surface area contributed by atoms with E-state index in [-0.39, 0.29) is 22.3 Å². The Morgan fingerprint density at radius 1 is 1.16 bits per heavy atom. The molecule has 6 nitrogen and oxygen atoms in total. The maximum absolute atomic E-state index is 13.1. The van der Waals surface area contributed by atoms with E-state index in [0.717, 1.165) is 17.7 Å². The molecular formula is C21H20Cl2F3N5O. The second kappa shape index (κ2) is 9.81. The molecule has 0 spiro atoms. The number of hydrogen-bond donors (Lipinski definition) is 2. The molecule has 0 aliphatic heterocycles. The first-order valence-electron chi connectivity index (χ1n) is 9.40. The standard InChI is InChI=1S/C21H20Cl2F3N5O/c1-12-17(19(27-2)30-32-11-13-7-5-4-6-8-13)29-31(20(12)28-3)18-15(22)9-14(10-16(18)23)21(24,25)26/h4-10,28H,11H2,1-3H3,(H,27,30). The second-order valence-corrected chi connectivity index (χ2v) is 7.53. The normalized spacial score (nSPS) is 12.2. The lowest BCUT2D eigenvalue weighted by atomic mass is 10.2. The minimum absolute atomic E-state index is 0.112. The van der Waals surface area contributed by atoms with Crippen LogP contribution in [0.1, 0.15) is 22.4 Å². The molecule has 3 aromatic rings. The SMILES string of the molecule is CN=C(NOCc1ccccc1)c1nn(-c2c(Cl)cc(C(F)(F)F)cc2Cl)c(NC)c1C. The third-order valence-electron chi connectivity index (χ3n) is 4.61. The number of amidine groups is 1. The molecule has 0 saturated carbocycles. The molecule has 3 rings (SSSR count). The van der Waals surface area contributed by atoms with Crippen molar-refractivity contribution in [2.75, 3.05) is 19.4 Å². The zero-order valence-corrected chi connectivity index (χ0v) is 18.9.